The van der Waals surface area contributed by atoms with Crippen LogP contribution in [0.15, 0.2) is 0 Å². The van der Waals surface area contributed by atoms with Crippen molar-refractivity contribution in [1.29, 1.82) is 0 Å². The molecule has 92 valence electrons. The zero-order valence-electron chi connectivity index (χ0n) is 9.22. The van der Waals surface area contributed by atoms with Gasteiger partial charge in [-0.1, -0.05) is 0 Å². The first-order valence-corrected chi connectivity index (χ1v) is 5.78. The molecule has 0 aromatic rings. The van der Waals surface area contributed by atoms with E-state index in [0.29, 0.717) is 25.7 Å². The van der Waals surface area contributed by atoms with Gasteiger partial charge in [0.15, 0.2) is 0 Å². The van der Waals surface area contributed by atoms with Crippen LogP contribution in [0.5, 0.6) is 0 Å². The van der Waals surface area contributed by atoms with Crippen molar-refractivity contribution in [2.24, 2.45) is 5.41 Å². The predicted molar refractivity (Wildman–Crippen MR) is 53.9 cm³/mol. The third-order valence-corrected chi connectivity index (χ3v) is 3.87. The number of imide groups is 1. The number of ether oxygens (including phenoxy) is 1. The van der Waals surface area contributed by atoms with Gasteiger partial charge in [0.1, 0.15) is 12.2 Å². The Morgan fingerprint density at radius 2 is 1.82 bits per heavy atom. The van der Waals surface area contributed by atoms with Crippen LogP contribution in [0.1, 0.15) is 25.7 Å². The number of aliphatic carboxylic acids is 1. The number of carboxylic acids is 1. The van der Waals surface area contributed by atoms with E-state index >= 15 is 0 Å². The molecule has 0 radical (unpaired) electrons. The Kier molecular flexibility index (Phi) is 2.07. The fourth-order valence-electron chi connectivity index (χ4n) is 2.51. The maximum absolute atomic E-state index is 11.9. The summed E-state index contributed by atoms with van der Waals surface area (Å²) in [6.45, 7) is 0.0103. The van der Waals surface area contributed by atoms with Crippen LogP contribution in [0.3, 0.4) is 0 Å². The molecule has 3 rings (SSSR count). The summed E-state index contributed by atoms with van der Waals surface area (Å²) in [4.78, 5) is 36.0. The second-order valence-corrected chi connectivity index (χ2v) is 5.04. The smallest absolute Gasteiger partial charge is 0.311 e. The summed E-state index contributed by atoms with van der Waals surface area (Å²) in [5, 5.41) is 9.07. The van der Waals surface area contributed by atoms with E-state index < -0.39 is 23.6 Å². The molecule has 2 atom stereocenters. The highest BCUT2D eigenvalue weighted by atomic mass is 16.5. The van der Waals surface area contributed by atoms with E-state index in [0.717, 1.165) is 4.90 Å². The molecule has 1 N–H and O–H groups in total. The van der Waals surface area contributed by atoms with E-state index in [1.807, 2.05) is 0 Å². The Labute approximate surface area is 97.5 Å². The summed E-state index contributed by atoms with van der Waals surface area (Å²) in [7, 11) is 0. The normalized spacial score (nSPS) is 34.0. The molecule has 3 fully saturated rings. The zero-order valence-corrected chi connectivity index (χ0v) is 9.22. The quantitative estimate of drug-likeness (QED) is 0.687. The highest BCUT2D eigenvalue weighted by Crippen LogP contribution is 2.47. The van der Waals surface area contributed by atoms with Crippen LogP contribution in [-0.2, 0) is 19.1 Å². The highest BCUT2D eigenvalue weighted by Gasteiger charge is 2.56. The van der Waals surface area contributed by atoms with E-state index in [2.05, 4.69) is 0 Å². The molecule has 6 heteroatoms. The predicted octanol–water partition coefficient (Wildman–Crippen LogP) is -0.232. The van der Waals surface area contributed by atoms with Crippen LogP contribution in [0.2, 0.25) is 0 Å². The summed E-state index contributed by atoms with van der Waals surface area (Å²) in [6, 6.07) is 0. The van der Waals surface area contributed by atoms with Gasteiger partial charge in [-0.15, -0.1) is 0 Å². The summed E-state index contributed by atoms with van der Waals surface area (Å²) >= 11 is 0. The summed E-state index contributed by atoms with van der Waals surface area (Å²) in [5.74, 6) is -1.65. The van der Waals surface area contributed by atoms with Crippen molar-refractivity contribution < 1.29 is 24.2 Å². The minimum atomic E-state index is -0.920. The fourth-order valence-corrected chi connectivity index (χ4v) is 2.51. The van der Waals surface area contributed by atoms with Crippen LogP contribution in [0.4, 0.5) is 0 Å². The molecule has 17 heavy (non-hydrogen) atoms. The van der Waals surface area contributed by atoms with Gasteiger partial charge >= 0.3 is 5.97 Å². The average Bonchev–Trinajstić information content (AvgIpc) is 2.93. The number of amides is 2. The lowest BCUT2D eigenvalue weighted by Crippen LogP contribution is -2.54. The highest BCUT2D eigenvalue weighted by molar-refractivity contribution is 6.03. The minimum absolute atomic E-state index is 0.0103. The van der Waals surface area contributed by atoms with Gasteiger partial charge in [0, 0.05) is 6.54 Å². The first-order valence-electron chi connectivity index (χ1n) is 5.78. The van der Waals surface area contributed by atoms with Crippen LogP contribution >= 0.6 is 0 Å². The topological polar surface area (TPSA) is 83.9 Å². The molecular formula is C11H13NO5. The molecule has 2 heterocycles. The molecule has 1 saturated carbocycles. The third-order valence-electron chi connectivity index (χ3n) is 3.87. The molecule has 2 unspecified atom stereocenters. The lowest BCUT2D eigenvalue weighted by atomic mass is 10.1. The molecular weight excluding hydrogens is 226 g/mol. The van der Waals surface area contributed by atoms with E-state index in [9.17, 15) is 14.4 Å². The summed E-state index contributed by atoms with van der Waals surface area (Å²) < 4.78 is 5.26. The molecule has 2 aliphatic heterocycles. The number of rotatable bonds is 3. The Hall–Kier alpha value is -1.43. The number of hydrogen-bond donors (Lipinski definition) is 1. The minimum Gasteiger partial charge on any atom is -0.481 e. The lowest BCUT2D eigenvalue weighted by molar-refractivity contribution is -0.170. The first kappa shape index (κ1) is 10.7. The van der Waals surface area contributed by atoms with Crippen molar-refractivity contribution in [2.45, 2.75) is 37.9 Å². The first-order chi connectivity index (χ1) is 8.03. The molecule has 0 spiro atoms. The van der Waals surface area contributed by atoms with Crippen LogP contribution in [0, 0.1) is 5.41 Å². The molecule has 2 bridgehead atoms. The number of fused-ring (bicyclic) bond motifs is 2. The molecule has 3 aliphatic rings. The van der Waals surface area contributed by atoms with E-state index in [-0.39, 0.29) is 18.4 Å². The van der Waals surface area contributed by atoms with Gasteiger partial charge in [-0.25, -0.2) is 0 Å². The molecule has 1 aliphatic carbocycles. The Balaban J connectivity index is 1.81. The number of morpholine rings is 1. The fraction of sp³-hybridized carbons (Fsp3) is 0.727. The Morgan fingerprint density at radius 3 is 2.24 bits per heavy atom. The maximum atomic E-state index is 11.9. The second kappa shape index (κ2) is 3.29. The van der Waals surface area contributed by atoms with E-state index in [4.69, 9.17) is 9.84 Å². The Bertz CT molecular complexity index is 392. The van der Waals surface area contributed by atoms with Gasteiger partial charge < -0.3 is 9.84 Å². The lowest BCUT2D eigenvalue weighted by Gasteiger charge is -2.31. The number of nitrogens with zero attached hydrogens (tertiary/aromatic N) is 1. The van der Waals surface area contributed by atoms with Crippen molar-refractivity contribution in [1.82, 2.24) is 4.90 Å². The SMILES string of the molecule is O=C1C2CCC(O2)C(=O)N1CC1(C(=O)O)CC1. The molecule has 2 saturated heterocycles. The van der Waals surface area contributed by atoms with Crippen molar-refractivity contribution in [3.05, 3.63) is 0 Å². The van der Waals surface area contributed by atoms with Crippen LogP contribution < -0.4 is 0 Å². The van der Waals surface area contributed by atoms with Gasteiger partial charge in [0.2, 0.25) is 0 Å². The number of carbonyl (C=O) groups is 3. The van der Waals surface area contributed by atoms with Crippen molar-refractivity contribution >= 4 is 17.8 Å². The zero-order chi connectivity index (χ0) is 12.2. The summed E-state index contributed by atoms with van der Waals surface area (Å²) in [5.41, 5.74) is -0.887. The van der Waals surface area contributed by atoms with Crippen LogP contribution in [-0.4, -0.2) is 46.5 Å². The molecule has 0 aromatic heterocycles. The molecule has 0 aromatic carbocycles. The van der Waals surface area contributed by atoms with Crippen molar-refractivity contribution in [3.63, 3.8) is 0 Å². The van der Waals surface area contributed by atoms with E-state index in [1.165, 1.54) is 0 Å². The standard InChI is InChI=1S/C11H13NO5/c13-8-6-1-2-7(17-6)9(14)12(8)5-11(3-4-11)10(15)16/h6-7H,1-5H2,(H,15,16). The maximum Gasteiger partial charge on any atom is 0.311 e. The number of carboxylic acid groups (broad SMARTS) is 1. The van der Waals surface area contributed by atoms with Crippen LogP contribution in [0.25, 0.3) is 0 Å². The monoisotopic (exact) mass is 239 g/mol. The Morgan fingerprint density at radius 1 is 1.29 bits per heavy atom. The van der Waals surface area contributed by atoms with E-state index in [1.54, 1.807) is 0 Å². The number of carbonyl (C=O) groups excluding carboxylic acids is 2. The van der Waals surface area contributed by atoms with Crippen molar-refractivity contribution in [2.75, 3.05) is 6.54 Å². The van der Waals surface area contributed by atoms with Gasteiger partial charge in [-0.3, -0.25) is 19.3 Å². The summed E-state index contributed by atoms with van der Waals surface area (Å²) in [6.07, 6.45) is 1.12. The van der Waals surface area contributed by atoms with Gasteiger partial charge in [-0.2, -0.15) is 0 Å². The third kappa shape index (κ3) is 1.47. The second-order valence-electron chi connectivity index (χ2n) is 5.04. The number of hydrogen-bond acceptors (Lipinski definition) is 4. The van der Waals surface area contributed by atoms with Crippen molar-refractivity contribution in [3.8, 4) is 0 Å². The van der Waals surface area contributed by atoms with Gasteiger partial charge in [0.05, 0.1) is 5.41 Å². The number of likely N-dealkylation sites (tertiary alicyclic amines) is 1. The largest absolute Gasteiger partial charge is 0.481 e. The molecule has 6 nitrogen and oxygen atoms in total. The van der Waals surface area contributed by atoms with Gasteiger partial charge in [-0.05, 0) is 25.7 Å². The average molecular weight is 239 g/mol. The molecule has 2 amide bonds. The van der Waals surface area contributed by atoms with Gasteiger partial charge in [0.25, 0.3) is 11.8 Å².